The number of aryl methyl sites for hydroxylation is 1. The maximum Gasteiger partial charge on any atom is 0.151 e. The first-order chi connectivity index (χ1) is 15.5. The highest BCUT2D eigenvalue weighted by atomic mass is 19.1. The van der Waals surface area contributed by atoms with Gasteiger partial charge in [0.05, 0.1) is 17.4 Å². The average molecular weight is 441 g/mol. The molecule has 176 valence electrons. The van der Waals surface area contributed by atoms with E-state index in [1.165, 1.54) is 50.8 Å². The van der Waals surface area contributed by atoms with E-state index < -0.39 is 0 Å². The predicted octanol–water partition coefficient (Wildman–Crippen LogP) is 8.11. The molecule has 0 amide bonds. The van der Waals surface area contributed by atoms with Crippen molar-refractivity contribution in [3.05, 3.63) is 59.9 Å². The van der Waals surface area contributed by atoms with Gasteiger partial charge >= 0.3 is 0 Å². The van der Waals surface area contributed by atoms with Crippen molar-refractivity contribution in [1.29, 1.82) is 0 Å². The first kappa shape index (κ1) is 27.5. The molecule has 0 saturated carbocycles. The van der Waals surface area contributed by atoms with E-state index in [-0.39, 0.29) is 5.82 Å². The molecule has 1 aromatic carbocycles. The average Bonchev–Trinajstić information content (AvgIpc) is 2.79. The summed E-state index contributed by atoms with van der Waals surface area (Å²) in [7, 11) is 0. The van der Waals surface area contributed by atoms with Crippen LogP contribution < -0.4 is 5.32 Å². The van der Waals surface area contributed by atoms with E-state index in [9.17, 15) is 4.39 Å². The normalized spacial score (nSPS) is 10.2. The number of nitrogens with zero attached hydrogens (tertiary/aromatic N) is 3. The second-order valence-electron chi connectivity index (χ2n) is 8.10. The third-order valence-corrected chi connectivity index (χ3v) is 5.08. The van der Waals surface area contributed by atoms with Crippen LogP contribution in [0.3, 0.4) is 0 Å². The van der Waals surface area contributed by atoms with Crippen molar-refractivity contribution >= 4 is 16.7 Å². The second-order valence-corrected chi connectivity index (χ2v) is 8.10. The lowest BCUT2D eigenvalue weighted by Gasteiger charge is -2.10. The highest BCUT2D eigenvalue weighted by molar-refractivity contribution is 5.75. The number of nitrogens with one attached hydrogen (secondary N) is 1. The van der Waals surface area contributed by atoms with Gasteiger partial charge in [0.1, 0.15) is 5.52 Å². The van der Waals surface area contributed by atoms with Crippen molar-refractivity contribution < 1.29 is 4.39 Å². The summed E-state index contributed by atoms with van der Waals surface area (Å²) in [4.78, 5) is 12.2. The third-order valence-electron chi connectivity index (χ3n) is 5.08. The molecule has 5 heteroatoms. The number of pyridine rings is 1. The lowest BCUT2D eigenvalue weighted by Crippen LogP contribution is -2.02. The number of anilines is 1. The molecule has 3 aromatic rings. The van der Waals surface area contributed by atoms with Crippen molar-refractivity contribution in [3.63, 3.8) is 0 Å². The van der Waals surface area contributed by atoms with Gasteiger partial charge in [0.25, 0.3) is 0 Å². The lowest BCUT2D eigenvalue weighted by atomic mass is 9.96. The minimum Gasteiger partial charge on any atom is -0.380 e. The summed E-state index contributed by atoms with van der Waals surface area (Å²) < 4.78 is 13.9. The molecule has 0 bridgehead atoms. The van der Waals surface area contributed by atoms with Crippen molar-refractivity contribution in [2.24, 2.45) is 5.92 Å². The van der Waals surface area contributed by atoms with Gasteiger partial charge in [-0.05, 0) is 42.2 Å². The Bertz CT molecular complexity index is 892. The van der Waals surface area contributed by atoms with Gasteiger partial charge in [0.15, 0.2) is 5.82 Å². The molecule has 1 N–H and O–H groups in total. The summed E-state index contributed by atoms with van der Waals surface area (Å²) in [5, 5.41) is 3.24. The van der Waals surface area contributed by atoms with Gasteiger partial charge in [-0.1, -0.05) is 73.1 Å². The molecule has 0 aliphatic heterocycles. The predicted molar refractivity (Wildman–Crippen MR) is 135 cm³/mol. The van der Waals surface area contributed by atoms with Crippen LogP contribution >= 0.6 is 0 Å². The summed E-state index contributed by atoms with van der Waals surface area (Å²) in [6, 6.07) is 5.24. The van der Waals surface area contributed by atoms with E-state index in [4.69, 9.17) is 0 Å². The smallest absolute Gasteiger partial charge is 0.151 e. The molecule has 0 fully saturated rings. The molecular formula is C27H41FN4. The molecule has 32 heavy (non-hydrogen) atoms. The van der Waals surface area contributed by atoms with Crippen molar-refractivity contribution in [3.8, 4) is 0 Å². The van der Waals surface area contributed by atoms with Crippen LogP contribution in [-0.4, -0.2) is 15.0 Å². The fraction of sp³-hybridized carbons (Fsp3) is 0.519. The molecule has 0 aliphatic rings. The molecule has 2 aromatic heterocycles. The lowest BCUT2D eigenvalue weighted by molar-refractivity contribution is 0.427. The first-order valence-corrected chi connectivity index (χ1v) is 12.0. The second kappa shape index (κ2) is 16.1. The molecule has 2 heterocycles. The molecule has 3 rings (SSSR count). The van der Waals surface area contributed by atoms with Crippen LogP contribution in [0, 0.1) is 18.7 Å². The van der Waals surface area contributed by atoms with Gasteiger partial charge in [-0.15, -0.1) is 0 Å². The van der Waals surface area contributed by atoms with Gasteiger partial charge in [-0.2, -0.15) is 0 Å². The molecule has 4 nitrogen and oxygen atoms in total. The zero-order valence-electron chi connectivity index (χ0n) is 20.8. The Morgan fingerprint density at radius 3 is 2.19 bits per heavy atom. The monoisotopic (exact) mass is 440 g/mol. The molecule has 0 aliphatic carbocycles. The Morgan fingerprint density at radius 2 is 1.59 bits per heavy atom. The van der Waals surface area contributed by atoms with Crippen LogP contribution in [0.5, 0.6) is 0 Å². The Hall–Kier alpha value is -2.56. The number of aromatic nitrogens is 3. The zero-order chi connectivity index (χ0) is 23.8. The summed E-state index contributed by atoms with van der Waals surface area (Å²) >= 11 is 0. The fourth-order valence-electron chi connectivity index (χ4n) is 3.40. The Balaban J connectivity index is 0.000000360. The molecule has 0 atom stereocenters. The Kier molecular flexibility index (Phi) is 13.8. The van der Waals surface area contributed by atoms with Crippen LogP contribution in [0.15, 0.2) is 43.0 Å². The number of benzene rings is 1. The number of fused-ring (bicyclic) bond motifs is 1. The van der Waals surface area contributed by atoms with Crippen molar-refractivity contribution in [2.75, 3.05) is 5.32 Å². The third kappa shape index (κ3) is 9.71. The van der Waals surface area contributed by atoms with Crippen LogP contribution in [0.2, 0.25) is 0 Å². The molecule has 0 spiro atoms. The maximum atomic E-state index is 13.9. The quantitative estimate of drug-likeness (QED) is 0.384. The van der Waals surface area contributed by atoms with E-state index >= 15 is 0 Å². The maximum absolute atomic E-state index is 13.9. The highest BCUT2D eigenvalue weighted by Gasteiger charge is 2.06. The van der Waals surface area contributed by atoms with Crippen LogP contribution in [-0.2, 0) is 6.54 Å². The first-order valence-electron chi connectivity index (χ1n) is 12.0. The minimum absolute atomic E-state index is 0.300. The van der Waals surface area contributed by atoms with Gasteiger partial charge in [-0.25, -0.2) is 9.37 Å². The van der Waals surface area contributed by atoms with Crippen LogP contribution in [0.1, 0.15) is 84.3 Å². The zero-order valence-corrected chi connectivity index (χ0v) is 20.8. The number of hydrogen-bond acceptors (Lipinski definition) is 4. The number of rotatable bonds is 8. The molecule has 0 saturated heterocycles. The van der Waals surface area contributed by atoms with E-state index in [0.717, 1.165) is 22.7 Å². The van der Waals surface area contributed by atoms with Crippen molar-refractivity contribution in [2.45, 2.75) is 86.6 Å². The Morgan fingerprint density at radius 1 is 0.938 bits per heavy atom. The van der Waals surface area contributed by atoms with E-state index in [2.05, 4.69) is 54.9 Å². The Labute approximate surface area is 194 Å². The van der Waals surface area contributed by atoms with Crippen LogP contribution in [0.4, 0.5) is 10.1 Å². The van der Waals surface area contributed by atoms with Crippen LogP contribution in [0.25, 0.3) is 11.0 Å². The van der Waals surface area contributed by atoms with Gasteiger partial charge < -0.3 is 5.32 Å². The van der Waals surface area contributed by atoms with Gasteiger partial charge in [0.2, 0.25) is 0 Å². The van der Waals surface area contributed by atoms with Gasteiger partial charge in [-0.3, -0.25) is 9.97 Å². The summed E-state index contributed by atoms with van der Waals surface area (Å²) in [5.74, 6) is 0.662. The number of hydrogen-bond donors (Lipinski definition) is 1. The highest BCUT2D eigenvalue weighted by Crippen LogP contribution is 2.18. The van der Waals surface area contributed by atoms with E-state index in [1.54, 1.807) is 18.6 Å². The van der Waals surface area contributed by atoms with Gasteiger partial charge in [0, 0.05) is 25.1 Å². The fourth-order valence-corrected chi connectivity index (χ4v) is 3.40. The van der Waals surface area contributed by atoms with E-state index in [1.807, 2.05) is 19.1 Å². The SMILES string of the molecule is CCC.CCCC(CC)CCC.Cc1ccncc1NCc1cc(F)c2nccnc2c1. The van der Waals surface area contributed by atoms with E-state index in [0.29, 0.717) is 17.6 Å². The van der Waals surface area contributed by atoms with Crippen molar-refractivity contribution in [1.82, 2.24) is 15.0 Å². The molecular weight excluding hydrogens is 399 g/mol. The summed E-state index contributed by atoms with van der Waals surface area (Å²) in [6.45, 7) is 13.6. The number of halogens is 1. The summed E-state index contributed by atoms with van der Waals surface area (Å²) in [5.41, 5.74) is 3.72. The molecule has 0 unspecified atom stereocenters. The minimum atomic E-state index is -0.352. The summed E-state index contributed by atoms with van der Waals surface area (Å²) in [6.07, 6.45) is 14.8. The standard InChI is InChI=1S/C15H13FN4.C9H20.C3H8/c1-10-2-3-17-9-14(10)20-8-11-6-12(16)15-13(7-11)18-4-5-19-15;1-4-7-9(6-3)8-5-2;1-3-2/h2-7,9,20H,8H2,1H3;9H,4-8H2,1-3H3;3H2,1-2H3. The largest absolute Gasteiger partial charge is 0.380 e. The topological polar surface area (TPSA) is 50.7 Å². The molecule has 0 radical (unpaired) electrons.